The summed E-state index contributed by atoms with van der Waals surface area (Å²) >= 11 is 0. The van der Waals surface area contributed by atoms with Gasteiger partial charge in [-0.3, -0.25) is 0 Å². The summed E-state index contributed by atoms with van der Waals surface area (Å²) in [5.74, 6) is 1.29. The summed E-state index contributed by atoms with van der Waals surface area (Å²) in [6, 6.07) is 0. The highest BCUT2D eigenvalue weighted by molar-refractivity contribution is 5.52. The Kier molecular flexibility index (Phi) is 7.70. The van der Waals surface area contributed by atoms with Gasteiger partial charge in [0.1, 0.15) is 6.29 Å². The normalized spacial score (nSPS) is 23.5. The van der Waals surface area contributed by atoms with Gasteiger partial charge in [0, 0.05) is 5.92 Å². The number of hydrogen-bond donors (Lipinski definition) is 0. The molecule has 1 rings (SSSR count). The standard InChI is InChI=1S/C9H18.C6H12O/c1-8-5-4-6-9(2,3)7-8;1-3-6(4-2)5-7/h8H,4-7H2,1-3H3;5-6H,3-4H2,1-2H3. The van der Waals surface area contributed by atoms with Crippen molar-refractivity contribution in [3.8, 4) is 0 Å². The second kappa shape index (κ2) is 7.86. The molecular weight excluding hydrogens is 196 g/mol. The van der Waals surface area contributed by atoms with Crippen LogP contribution >= 0.6 is 0 Å². The van der Waals surface area contributed by atoms with E-state index in [9.17, 15) is 4.79 Å². The lowest BCUT2D eigenvalue weighted by molar-refractivity contribution is -0.111. The number of rotatable bonds is 3. The fourth-order valence-corrected chi connectivity index (χ4v) is 2.56. The Balaban J connectivity index is 0.000000293. The molecule has 0 aromatic rings. The summed E-state index contributed by atoms with van der Waals surface area (Å²) in [5.41, 5.74) is 0.650. The fraction of sp³-hybridized carbons (Fsp3) is 0.933. The Morgan fingerprint density at radius 1 is 1.31 bits per heavy atom. The van der Waals surface area contributed by atoms with Crippen LogP contribution < -0.4 is 0 Å². The lowest BCUT2D eigenvalue weighted by atomic mass is 9.73. The van der Waals surface area contributed by atoms with Gasteiger partial charge >= 0.3 is 0 Å². The third-order valence-corrected chi connectivity index (χ3v) is 3.69. The maximum atomic E-state index is 9.97. The van der Waals surface area contributed by atoms with Crippen molar-refractivity contribution in [3.63, 3.8) is 0 Å². The predicted molar refractivity (Wildman–Crippen MR) is 71.5 cm³/mol. The Hall–Kier alpha value is -0.330. The predicted octanol–water partition coefficient (Wildman–Crippen LogP) is 4.84. The Morgan fingerprint density at radius 2 is 1.88 bits per heavy atom. The molecule has 16 heavy (non-hydrogen) atoms. The molecule has 0 aromatic heterocycles. The lowest BCUT2D eigenvalue weighted by Gasteiger charge is -2.33. The molecule has 0 amide bonds. The van der Waals surface area contributed by atoms with Gasteiger partial charge in [-0.2, -0.15) is 0 Å². The minimum Gasteiger partial charge on any atom is -0.303 e. The number of hydrogen-bond acceptors (Lipinski definition) is 1. The Bertz CT molecular complexity index is 180. The van der Waals surface area contributed by atoms with Crippen LogP contribution in [0.3, 0.4) is 0 Å². The lowest BCUT2D eigenvalue weighted by Crippen LogP contribution is -2.20. The summed E-state index contributed by atoms with van der Waals surface area (Å²) in [6.45, 7) is 11.2. The minimum absolute atomic E-state index is 0.306. The highest BCUT2D eigenvalue weighted by atomic mass is 16.1. The molecule has 96 valence electrons. The second-order valence-corrected chi connectivity index (χ2v) is 6.08. The molecule has 0 bridgehead atoms. The van der Waals surface area contributed by atoms with Crippen LogP contribution in [0.2, 0.25) is 0 Å². The number of carbonyl (C=O) groups excluding carboxylic acids is 1. The van der Waals surface area contributed by atoms with E-state index in [0.29, 0.717) is 11.3 Å². The van der Waals surface area contributed by atoms with Crippen molar-refractivity contribution in [2.75, 3.05) is 0 Å². The molecule has 1 nitrogen and oxygen atoms in total. The van der Waals surface area contributed by atoms with Gasteiger partial charge < -0.3 is 4.79 Å². The zero-order valence-electron chi connectivity index (χ0n) is 11.9. The van der Waals surface area contributed by atoms with Crippen LogP contribution in [0.4, 0.5) is 0 Å². The summed E-state index contributed by atoms with van der Waals surface area (Å²) < 4.78 is 0. The molecule has 1 fully saturated rings. The molecule has 1 saturated carbocycles. The van der Waals surface area contributed by atoms with Gasteiger partial charge in [0.2, 0.25) is 0 Å². The van der Waals surface area contributed by atoms with Crippen LogP contribution in [0.1, 0.15) is 73.1 Å². The minimum atomic E-state index is 0.306. The van der Waals surface area contributed by atoms with Crippen molar-refractivity contribution >= 4 is 6.29 Å². The van der Waals surface area contributed by atoms with Gasteiger partial charge in [-0.05, 0) is 37.0 Å². The molecule has 1 atom stereocenters. The van der Waals surface area contributed by atoms with Crippen molar-refractivity contribution in [2.45, 2.75) is 73.1 Å². The van der Waals surface area contributed by atoms with Crippen molar-refractivity contribution in [1.82, 2.24) is 0 Å². The summed E-state index contributed by atoms with van der Waals surface area (Å²) in [5, 5.41) is 0. The van der Waals surface area contributed by atoms with Crippen molar-refractivity contribution < 1.29 is 4.79 Å². The molecule has 1 aliphatic carbocycles. The van der Waals surface area contributed by atoms with E-state index in [-0.39, 0.29) is 0 Å². The van der Waals surface area contributed by atoms with Gasteiger partial charge in [-0.1, -0.05) is 47.5 Å². The first-order valence-corrected chi connectivity index (χ1v) is 6.90. The van der Waals surface area contributed by atoms with E-state index in [4.69, 9.17) is 0 Å². The molecule has 0 saturated heterocycles. The van der Waals surface area contributed by atoms with Crippen LogP contribution in [0.25, 0.3) is 0 Å². The average Bonchev–Trinajstić information content (AvgIpc) is 2.19. The second-order valence-electron chi connectivity index (χ2n) is 6.08. The first-order valence-electron chi connectivity index (χ1n) is 6.90. The van der Waals surface area contributed by atoms with Gasteiger partial charge in [-0.15, -0.1) is 0 Å². The van der Waals surface area contributed by atoms with Gasteiger partial charge in [0.15, 0.2) is 0 Å². The maximum absolute atomic E-state index is 9.97. The van der Waals surface area contributed by atoms with Gasteiger partial charge in [0.05, 0.1) is 0 Å². The zero-order valence-corrected chi connectivity index (χ0v) is 11.9. The van der Waals surface area contributed by atoms with E-state index in [2.05, 4.69) is 20.8 Å². The topological polar surface area (TPSA) is 17.1 Å². The van der Waals surface area contributed by atoms with Gasteiger partial charge in [-0.25, -0.2) is 0 Å². The molecule has 1 unspecified atom stereocenters. The first kappa shape index (κ1) is 15.7. The van der Waals surface area contributed by atoms with E-state index < -0.39 is 0 Å². The van der Waals surface area contributed by atoms with E-state index in [1.807, 2.05) is 13.8 Å². The molecule has 0 N–H and O–H groups in total. The van der Waals surface area contributed by atoms with E-state index in [1.54, 1.807) is 0 Å². The van der Waals surface area contributed by atoms with Crippen molar-refractivity contribution in [1.29, 1.82) is 0 Å². The fourth-order valence-electron chi connectivity index (χ4n) is 2.56. The van der Waals surface area contributed by atoms with E-state index in [0.717, 1.165) is 25.0 Å². The SMILES string of the molecule is CC1CCCC(C)(C)C1.CCC(C=O)CC. The Labute approximate surface area is 102 Å². The van der Waals surface area contributed by atoms with Crippen LogP contribution in [0.15, 0.2) is 0 Å². The van der Waals surface area contributed by atoms with Crippen LogP contribution in [-0.2, 0) is 4.79 Å². The van der Waals surface area contributed by atoms with Crippen molar-refractivity contribution in [2.24, 2.45) is 17.3 Å². The summed E-state index contributed by atoms with van der Waals surface area (Å²) in [4.78, 5) is 9.97. The molecule has 0 heterocycles. The third-order valence-electron chi connectivity index (χ3n) is 3.69. The summed E-state index contributed by atoms with van der Waals surface area (Å²) in [6.07, 6.45) is 8.79. The monoisotopic (exact) mass is 226 g/mol. The van der Waals surface area contributed by atoms with Crippen molar-refractivity contribution in [3.05, 3.63) is 0 Å². The molecule has 1 heteroatoms. The molecule has 0 spiro atoms. The van der Waals surface area contributed by atoms with E-state index in [1.165, 1.54) is 25.7 Å². The average molecular weight is 226 g/mol. The highest BCUT2D eigenvalue weighted by Gasteiger charge is 2.24. The molecule has 1 aliphatic rings. The van der Waals surface area contributed by atoms with E-state index >= 15 is 0 Å². The molecule has 0 radical (unpaired) electrons. The quantitative estimate of drug-likeness (QED) is 0.629. The molecular formula is C15H30O. The molecule has 0 aliphatic heterocycles. The Morgan fingerprint density at radius 3 is 2.06 bits per heavy atom. The highest BCUT2D eigenvalue weighted by Crippen LogP contribution is 2.37. The largest absolute Gasteiger partial charge is 0.303 e. The third kappa shape index (κ3) is 7.03. The smallest absolute Gasteiger partial charge is 0.123 e. The first-order chi connectivity index (χ1) is 7.45. The molecule has 0 aromatic carbocycles. The van der Waals surface area contributed by atoms with Crippen LogP contribution in [0, 0.1) is 17.3 Å². The van der Waals surface area contributed by atoms with Crippen LogP contribution in [0.5, 0.6) is 0 Å². The van der Waals surface area contributed by atoms with Crippen LogP contribution in [-0.4, -0.2) is 6.29 Å². The number of carbonyl (C=O) groups is 1. The maximum Gasteiger partial charge on any atom is 0.123 e. The van der Waals surface area contributed by atoms with Gasteiger partial charge in [0.25, 0.3) is 0 Å². The number of aldehydes is 1. The zero-order chi connectivity index (χ0) is 12.6. The summed E-state index contributed by atoms with van der Waals surface area (Å²) in [7, 11) is 0.